The Morgan fingerprint density at radius 2 is 1.95 bits per heavy atom. The molecule has 1 N–H and O–H groups in total. The Kier molecular flexibility index (Phi) is 5.26. The fraction of sp³-hybridized carbons (Fsp3) is 0.722. The van der Waals surface area contributed by atoms with Gasteiger partial charge in [0, 0.05) is 31.9 Å². The summed E-state index contributed by atoms with van der Waals surface area (Å²) >= 11 is 0. The molecule has 2 rings (SSSR count). The van der Waals surface area contributed by atoms with Crippen molar-refractivity contribution in [3.05, 3.63) is 23.9 Å². The van der Waals surface area contributed by atoms with E-state index in [-0.39, 0.29) is 0 Å². The lowest BCUT2D eigenvalue weighted by Gasteiger charge is -2.39. The van der Waals surface area contributed by atoms with Crippen LogP contribution in [0.2, 0.25) is 0 Å². The number of nitrogens with one attached hydrogen (secondary N) is 1. The molecule has 1 aromatic heterocycles. The second-order valence-corrected chi connectivity index (χ2v) is 7.69. The van der Waals surface area contributed by atoms with Gasteiger partial charge in [-0.1, -0.05) is 34.6 Å². The van der Waals surface area contributed by atoms with E-state index < -0.39 is 0 Å². The second-order valence-electron chi connectivity index (χ2n) is 7.69. The molecule has 0 spiro atoms. The Hall–Kier alpha value is -1.09. The van der Waals surface area contributed by atoms with Crippen LogP contribution in [-0.2, 0) is 6.54 Å². The quantitative estimate of drug-likeness (QED) is 0.912. The molecule has 0 radical (unpaired) electrons. The first-order chi connectivity index (χ1) is 9.86. The minimum atomic E-state index is 0.433. The van der Waals surface area contributed by atoms with Crippen LogP contribution >= 0.6 is 0 Å². The smallest absolute Gasteiger partial charge is 0.128 e. The standard InChI is InChI=1S/C18H31N3/c1-14(2)20-13-15-6-9-19-17(12-15)21-10-7-16(8-11-21)18(3,4)5/h6,9,12,14,16,20H,7-8,10-11,13H2,1-5H3. The highest BCUT2D eigenvalue weighted by Gasteiger charge is 2.29. The fourth-order valence-corrected chi connectivity index (χ4v) is 3.04. The van der Waals surface area contributed by atoms with Crippen LogP contribution in [0.5, 0.6) is 0 Å². The molecule has 0 aliphatic carbocycles. The zero-order valence-corrected chi connectivity index (χ0v) is 14.3. The maximum absolute atomic E-state index is 4.58. The van der Waals surface area contributed by atoms with E-state index in [1.54, 1.807) is 0 Å². The van der Waals surface area contributed by atoms with Crippen molar-refractivity contribution in [1.29, 1.82) is 0 Å². The highest BCUT2D eigenvalue weighted by atomic mass is 15.2. The Morgan fingerprint density at radius 3 is 2.52 bits per heavy atom. The Bertz CT molecular complexity index is 440. The molecule has 1 aliphatic rings. The van der Waals surface area contributed by atoms with Gasteiger partial charge in [-0.25, -0.2) is 4.98 Å². The minimum absolute atomic E-state index is 0.433. The number of nitrogens with zero attached hydrogens (tertiary/aromatic N) is 2. The van der Waals surface area contributed by atoms with Gasteiger partial charge in [-0.05, 0) is 41.9 Å². The predicted octanol–water partition coefficient (Wildman–Crippen LogP) is 3.84. The lowest BCUT2D eigenvalue weighted by Crippen LogP contribution is -2.38. The summed E-state index contributed by atoms with van der Waals surface area (Å²) < 4.78 is 0. The predicted molar refractivity (Wildman–Crippen MR) is 90.6 cm³/mol. The van der Waals surface area contributed by atoms with Crippen LogP contribution in [0.1, 0.15) is 53.0 Å². The molecule has 0 amide bonds. The van der Waals surface area contributed by atoms with Crippen molar-refractivity contribution in [2.24, 2.45) is 11.3 Å². The number of hydrogen-bond donors (Lipinski definition) is 1. The second kappa shape index (κ2) is 6.78. The zero-order valence-electron chi connectivity index (χ0n) is 14.3. The van der Waals surface area contributed by atoms with E-state index >= 15 is 0 Å². The molecule has 1 aliphatic heterocycles. The molecule has 0 bridgehead atoms. The van der Waals surface area contributed by atoms with E-state index in [1.807, 2.05) is 6.20 Å². The number of rotatable bonds is 4. The molecule has 0 aromatic carbocycles. The number of anilines is 1. The van der Waals surface area contributed by atoms with Gasteiger partial charge >= 0.3 is 0 Å². The van der Waals surface area contributed by atoms with E-state index in [0.717, 1.165) is 31.4 Å². The van der Waals surface area contributed by atoms with Gasteiger partial charge in [-0.3, -0.25) is 0 Å². The number of pyridine rings is 1. The third kappa shape index (κ3) is 4.70. The monoisotopic (exact) mass is 289 g/mol. The maximum atomic E-state index is 4.58. The molecule has 1 fully saturated rings. The summed E-state index contributed by atoms with van der Waals surface area (Å²) in [4.78, 5) is 7.02. The summed E-state index contributed by atoms with van der Waals surface area (Å²) in [6, 6.07) is 4.87. The summed E-state index contributed by atoms with van der Waals surface area (Å²) in [7, 11) is 0. The van der Waals surface area contributed by atoms with Gasteiger partial charge in [0.2, 0.25) is 0 Å². The number of hydrogen-bond acceptors (Lipinski definition) is 3. The van der Waals surface area contributed by atoms with Crippen LogP contribution in [0.4, 0.5) is 5.82 Å². The first kappa shape index (κ1) is 16.3. The van der Waals surface area contributed by atoms with Gasteiger partial charge in [0.25, 0.3) is 0 Å². The SMILES string of the molecule is CC(C)NCc1ccnc(N2CCC(C(C)(C)C)CC2)c1. The van der Waals surface area contributed by atoms with Gasteiger partial charge in [-0.15, -0.1) is 0 Å². The fourth-order valence-electron chi connectivity index (χ4n) is 3.04. The number of piperidine rings is 1. The van der Waals surface area contributed by atoms with Gasteiger partial charge in [0.05, 0.1) is 0 Å². The molecule has 3 nitrogen and oxygen atoms in total. The lowest BCUT2D eigenvalue weighted by molar-refractivity contribution is 0.198. The lowest BCUT2D eigenvalue weighted by atomic mass is 9.75. The van der Waals surface area contributed by atoms with Crippen molar-refractivity contribution < 1.29 is 0 Å². The molecule has 118 valence electrons. The normalized spacial score (nSPS) is 17.5. The zero-order chi connectivity index (χ0) is 15.5. The maximum Gasteiger partial charge on any atom is 0.128 e. The average Bonchev–Trinajstić information content (AvgIpc) is 2.45. The summed E-state index contributed by atoms with van der Waals surface area (Å²) in [6.07, 6.45) is 4.50. The molecule has 1 aromatic rings. The van der Waals surface area contributed by atoms with Crippen molar-refractivity contribution >= 4 is 5.82 Å². The van der Waals surface area contributed by atoms with E-state index in [1.165, 1.54) is 18.4 Å². The Balaban J connectivity index is 1.95. The van der Waals surface area contributed by atoms with Crippen LogP contribution < -0.4 is 10.2 Å². The van der Waals surface area contributed by atoms with Crippen LogP contribution in [0.15, 0.2) is 18.3 Å². The summed E-state index contributed by atoms with van der Waals surface area (Å²) in [5, 5.41) is 3.47. The van der Waals surface area contributed by atoms with Gasteiger partial charge < -0.3 is 10.2 Å². The minimum Gasteiger partial charge on any atom is -0.357 e. The average molecular weight is 289 g/mol. The Labute approximate surface area is 130 Å². The Morgan fingerprint density at radius 1 is 1.29 bits per heavy atom. The van der Waals surface area contributed by atoms with E-state index in [9.17, 15) is 0 Å². The van der Waals surface area contributed by atoms with Gasteiger partial charge in [0.1, 0.15) is 5.82 Å². The largest absolute Gasteiger partial charge is 0.357 e. The number of aromatic nitrogens is 1. The molecule has 1 saturated heterocycles. The van der Waals surface area contributed by atoms with E-state index in [2.05, 4.69) is 62.0 Å². The first-order valence-electron chi connectivity index (χ1n) is 8.29. The van der Waals surface area contributed by atoms with Crippen molar-refractivity contribution in [2.75, 3.05) is 18.0 Å². The van der Waals surface area contributed by atoms with Crippen LogP contribution in [-0.4, -0.2) is 24.1 Å². The van der Waals surface area contributed by atoms with E-state index in [0.29, 0.717) is 11.5 Å². The van der Waals surface area contributed by atoms with Crippen LogP contribution in [0.25, 0.3) is 0 Å². The van der Waals surface area contributed by atoms with Crippen molar-refractivity contribution in [3.63, 3.8) is 0 Å². The summed E-state index contributed by atoms with van der Waals surface area (Å²) in [6.45, 7) is 14.6. The summed E-state index contributed by atoms with van der Waals surface area (Å²) in [5.41, 5.74) is 1.76. The van der Waals surface area contributed by atoms with Crippen LogP contribution in [0.3, 0.4) is 0 Å². The third-order valence-electron chi connectivity index (χ3n) is 4.57. The molecule has 2 heterocycles. The first-order valence-corrected chi connectivity index (χ1v) is 8.29. The molecule has 0 unspecified atom stereocenters. The highest BCUT2D eigenvalue weighted by molar-refractivity contribution is 5.41. The van der Waals surface area contributed by atoms with Crippen molar-refractivity contribution in [2.45, 2.75) is 60.0 Å². The van der Waals surface area contributed by atoms with E-state index in [4.69, 9.17) is 0 Å². The summed E-state index contributed by atoms with van der Waals surface area (Å²) in [5.74, 6) is 1.98. The van der Waals surface area contributed by atoms with Crippen molar-refractivity contribution in [3.8, 4) is 0 Å². The van der Waals surface area contributed by atoms with Gasteiger partial charge in [0.15, 0.2) is 0 Å². The van der Waals surface area contributed by atoms with Crippen molar-refractivity contribution in [1.82, 2.24) is 10.3 Å². The topological polar surface area (TPSA) is 28.2 Å². The molecule has 21 heavy (non-hydrogen) atoms. The highest BCUT2D eigenvalue weighted by Crippen LogP contribution is 2.35. The molecular formula is C18H31N3. The van der Waals surface area contributed by atoms with Gasteiger partial charge in [-0.2, -0.15) is 0 Å². The molecule has 0 atom stereocenters. The molecule has 3 heteroatoms. The molecular weight excluding hydrogens is 258 g/mol. The molecule has 0 saturated carbocycles. The third-order valence-corrected chi connectivity index (χ3v) is 4.57. The van der Waals surface area contributed by atoms with Crippen LogP contribution in [0, 0.1) is 11.3 Å².